The normalized spacial score (nSPS) is 11.4. The monoisotopic (exact) mass is 271 g/mol. The summed E-state index contributed by atoms with van der Waals surface area (Å²) in [5.74, 6) is 1.06. The van der Waals surface area contributed by atoms with Crippen molar-refractivity contribution in [3.8, 4) is 11.3 Å². The predicted molar refractivity (Wildman–Crippen MR) is 75.3 cm³/mol. The first kappa shape index (κ1) is 13.7. The summed E-state index contributed by atoms with van der Waals surface area (Å²) in [6.45, 7) is 3.36. The number of carbonyl (C=O) groups is 1. The summed E-state index contributed by atoms with van der Waals surface area (Å²) >= 11 is 0. The highest BCUT2D eigenvalue weighted by molar-refractivity contribution is 5.80. The minimum absolute atomic E-state index is 0.0556. The average Bonchev–Trinajstić information content (AvgIpc) is 2.87. The SMILES string of the molecule is CC(C=O)=Cc1ccc(-c2ccc(C)c([N+](=O)[O-])c2)o1. The largest absolute Gasteiger partial charge is 0.457 e. The van der Waals surface area contributed by atoms with E-state index in [1.54, 1.807) is 44.2 Å². The second kappa shape index (κ2) is 5.52. The summed E-state index contributed by atoms with van der Waals surface area (Å²) in [6, 6.07) is 8.37. The number of nitrogens with zero attached hydrogens (tertiary/aromatic N) is 1. The first-order valence-corrected chi connectivity index (χ1v) is 6.00. The highest BCUT2D eigenvalue weighted by atomic mass is 16.6. The summed E-state index contributed by atoms with van der Waals surface area (Å²) in [4.78, 5) is 21.1. The lowest BCUT2D eigenvalue weighted by Gasteiger charge is -2.00. The molecule has 0 aliphatic carbocycles. The third kappa shape index (κ3) is 2.83. The first-order chi connectivity index (χ1) is 9.51. The molecule has 1 aromatic heterocycles. The molecule has 0 N–H and O–H groups in total. The smallest absolute Gasteiger partial charge is 0.273 e. The number of rotatable bonds is 4. The van der Waals surface area contributed by atoms with E-state index < -0.39 is 4.92 Å². The van der Waals surface area contributed by atoms with Gasteiger partial charge in [-0.05, 0) is 37.6 Å². The highest BCUT2D eigenvalue weighted by Gasteiger charge is 2.13. The Hall–Kier alpha value is -2.69. The molecule has 1 aromatic carbocycles. The van der Waals surface area contributed by atoms with Gasteiger partial charge in [0, 0.05) is 17.2 Å². The zero-order valence-electron chi connectivity index (χ0n) is 11.1. The van der Waals surface area contributed by atoms with E-state index in [9.17, 15) is 14.9 Å². The van der Waals surface area contributed by atoms with Gasteiger partial charge in [-0.3, -0.25) is 14.9 Å². The van der Waals surface area contributed by atoms with Crippen molar-refractivity contribution in [2.75, 3.05) is 0 Å². The number of aldehydes is 1. The van der Waals surface area contributed by atoms with Crippen LogP contribution in [-0.2, 0) is 4.79 Å². The molecule has 0 aliphatic rings. The van der Waals surface area contributed by atoms with Crippen LogP contribution in [0.5, 0.6) is 0 Å². The van der Waals surface area contributed by atoms with Crippen molar-refractivity contribution in [3.63, 3.8) is 0 Å². The number of hydrogen-bond acceptors (Lipinski definition) is 4. The van der Waals surface area contributed by atoms with Crippen molar-refractivity contribution in [2.24, 2.45) is 0 Å². The summed E-state index contributed by atoms with van der Waals surface area (Å²) in [6.07, 6.45) is 2.35. The number of nitro groups is 1. The van der Waals surface area contributed by atoms with Crippen LogP contribution in [0.15, 0.2) is 40.3 Å². The Bertz CT molecular complexity index is 698. The van der Waals surface area contributed by atoms with Crippen LogP contribution in [0.4, 0.5) is 5.69 Å². The maximum Gasteiger partial charge on any atom is 0.273 e. The molecule has 0 saturated heterocycles. The van der Waals surface area contributed by atoms with Crippen LogP contribution < -0.4 is 0 Å². The third-order valence-corrected chi connectivity index (χ3v) is 2.87. The minimum Gasteiger partial charge on any atom is -0.457 e. The van der Waals surface area contributed by atoms with Gasteiger partial charge in [0.25, 0.3) is 5.69 Å². The lowest BCUT2D eigenvalue weighted by atomic mass is 10.1. The second-order valence-electron chi connectivity index (χ2n) is 4.47. The molecule has 0 bridgehead atoms. The molecule has 0 amide bonds. The topological polar surface area (TPSA) is 73.3 Å². The second-order valence-corrected chi connectivity index (χ2v) is 4.47. The van der Waals surface area contributed by atoms with Crippen molar-refractivity contribution in [2.45, 2.75) is 13.8 Å². The van der Waals surface area contributed by atoms with E-state index >= 15 is 0 Å². The van der Waals surface area contributed by atoms with Crippen LogP contribution >= 0.6 is 0 Å². The van der Waals surface area contributed by atoms with Crippen molar-refractivity contribution >= 4 is 18.0 Å². The van der Waals surface area contributed by atoms with Crippen molar-refractivity contribution in [3.05, 3.63) is 57.3 Å². The summed E-state index contributed by atoms with van der Waals surface area (Å²) in [5, 5.41) is 10.9. The molecule has 5 heteroatoms. The van der Waals surface area contributed by atoms with Gasteiger partial charge < -0.3 is 4.42 Å². The van der Waals surface area contributed by atoms with Gasteiger partial charge in [0.2, 0.25) is 0 Å². The molecular formula is C15H13NO4. The van der Waals surface area contributed by atoms with Gasteiger partial charge in [-0.2, -0.15) is 0 Å². The number of carbonyl (C=O) groups excluding carboxylic acids is 1. The Labute approximate surface area is 115 Å². The Kier molecular flexibility index (Phi) is 3.79. The molecule has 0 fully saturated rings. The number of aryl methyl sites for hydroxylation is 1. The van der Waals surface area contributed by atoms with Gasteiger partial charge in [-0.25, -0.2) is 0 Å². The lowest BCUT2D eigenvalue weighted by molar-refractivity contribution is -0.385. The summed E-state index contributed by atoms with van der Waals surface area (Å²) in [7, 11) is 0. The third-order valence-electron chi connectivity index (χ3n) is 2.87. The highest BCUT2D eigenvalue weighted by Crippen LogP contribution is 2.28. The molecule has 20 heavy (non-hydrogen) atoms. The van der Waals surface area contributed by atoms with Crippen LogP contribution in [0.2, 0.25) is 0 Å². The van der Waals surface area contributed by atoms with Gasteiger partial charge in [0.1, 0.15) is 17.8 Å². The lowest BCUT2D eigenvalue weighted by Crippen LogP contribution is -1.91. The van der Waals surface area contributed by atoms with E-state index in [0.717, 1.165) is 6.29 Å². The molecule has 0 radical (unpaired) electrons. The fraction of sp³-hybridized carbons (Fsp3) is 0.133. The Morgan fingerprint density at radius 1 is 1.30 bits per heavy atom. The Balaban J connectivity index is 2.40. The Morgan fingerprint density at radius 3 is 2.70 bits per heavy atom. The van der Waals surface area contributed by atoms with Crippen LogP contribution in [0.3, 0.4) is 0 Å². The molecule has 0 spiro atoms. The van der Waals surface area contributed by atoms with Crippen LogP contribution in [-0.4, -0.2) is 11.2 Å². The van der Waals surface area contributed by atoms with Crippen molar-refractivity contribution in [1.82, 2.24) is 0 Å². The van der Waals surface area contributed by atoms with Crippen LogP contribution in [0.25, 0.3) is 17.4 Å². The van der Waals surface area contributed by atoms with E-state index in [-0.39, 0.29) is 5.69 Å². The van der Waals surface area contributed by atoms with Crippen molar-refractivity contribution < 1.29 is 14.1 Å². The molecule has 2 aromatic rings. The fourth-order valence-corrected chi connectivity index (χ4v) is 1.80. The predicted octanol–water partition coefficient (Wildman–Crippen LogP) is 3.77. The van der Waals surface area contributed by atoms with Gasteiger partial charge in [-0.1, -0.05) is 12.1 Å². The van der Waals surface area contributed by atoms with E-state index in [1.807, 2.05) is 0 Å². The van der Waals surface area contributed by atoms with E-state index in [4.69, 9.17) is 4.42 Å². The molecule has 0 atom stereocenters. The molecule has 5 nitrogen and oxygen atoms in total. The quantitative estimate of drug-likeness (QED) is 0.367. The summed E-state index contributed by atoms with van der Waals surface area (Å²) < 4.78 is 5.56. The van der Waals surface area contributed by atoms with E-state index in [0.29, 0.717) is 28.2 Å². The van der Waals surface area contributed by atoms with E-state index in [2.05, 4.69) is 0 Å². The molecule has 0 saturated carbocycles. The summed E-state index contributed by atoms with van der Waals surface area (Å²) in [5.41, 5.74) is 1.83. The zero-order valence-corrected chi connectivity index (χ0v) is 11.1. The standard InChI is InChI=1S/C15H13NO4/c1-10(9-17)7-13-5-6-15(20-13)12-4-3-11(2)14(8-12)16(18)19/h3-9H,1-2H3. The zero-order chi connectivity index (χ0) is 14.7. The minimum atomic E-state index is -0.418. The van der Waals surface area contributed by atoms with Crippen molar-refractivity contribution in [1.29, 1.82) is 0 Å². The number of allylic oxidation sites excluding steroid dienone is 1. The van der Waals surface area contributed by atoms with E-state index in [1.165, 1.54) is 6.07 Å². The molecule has 0 unspecified atom stereocenters. The molecular weight excluding hydrogens is 258 g/mol. The maximum absolute atomic E-state index is 10.9. The maximum atomic E-state index is 10.9. The van der Waals surface area contributed by atoms with Gasteiger partial charge in [-0.15, -0.1) is 0 Å². The average molecular weight is 271 g/mol. The number of hydrogen-bond donors (Lipinski definition) is 0. The first-order valence-electron chi connectivity index (χ1n) is 6.00. The molecule has 2 rings (SSSR count). The van der Waals surface area contributed by atoms with Gasteiger partial charge in [0.15, 0.2) is 0 Å². The fourth-order valence-electron chi connectivity index (χ4n) is 1.80. The van der Waals surface area contributed by atoms with Gasteiger partial charge in [0.05, 0.1) is 4.92 Å². The number of furan rings is 1. The molecule has 1 heterocycles. The molecule has 0 aliphatic heterocycles. The number of nitro benzene ring substituents is 1. The van der Waals surface area contributed by atoms with Crippen LogP contribution in [0, 0.1) is 17.0 Å². The molecule has 102 valence electrons. The van der Waals surface area contributed by atoms with Crippen LogP contribution in [0.1, 0.15) is 18.2 Å². The van der Waals surface area contributed by atoms with Gasteiger partial charge >= 0.3 is 0 Å². The Morgan fingerprint density at radius 2 is 2.05 bits per heavy atom. The number of benzene rings is 1.